The van der Waals surface area contributed by atoms with Gasteiger partial charge in [0, 0.05) is 43.3 Å². The molecule has 126 valence electrons. The fraction of sp³-hybridized carbons (Fsp3) is 0.385. The van der Waals surface area contributed by atoms with Crippen LogP contribution in [0.15, 0.2) is 24.0 Å². The first kappa shape index (κ1) is 19.7. The number of rotatable bonds is 4. The van der Waals surface area contributed by atoms with Crippen molar-refractivity contribution in [1.29, 1.82) is 0 Å². The minimum Gasteiger partial charge on any atom is -0.391 e. The molecule has 0 saturated carbocycles. The third-order valence-corrected chi connectivity index (χ3v) is 4.21. The van der Waals surface area contributed by atoms with E-state index in [1.165, 1.54) is 11.3 Å². The Labute approximate surface area is 149 Å². The van der Waals surface area contributed by atoms with Crippen molar-refractivity contribution in [2.75, 3.05) is 19.6 Å². The SMILES string of the molecule is Cl.Cl.O=C(NCC1CNCC1O)c1csc(-c2cnccn2)n1. The molecule has 0 spiro atoms. The highest BCUT2D eigenvalue weighted by atomic mass is 35.5. The predicted octanol–water partition coefficient (Wildman–Crippen LogP) is 0.754. The summed E-state index contributed by atoms with van der Waals surface area (Å²) in [6.45, 7) is 1.72. The quantitative estimate of drug-likeness (QED) is 0.726. The molecule has 1 saturated heterocycles. The zero-order valence-electron chi connectivity index (χ0n) is 12.0. The first-order chi connectivity index (χ1) is 10.2. The molecule has 1 aliphatic heterocycles. The number of amides is 1. The monoisotopic (exact) mass is 377 g/mol. The smallest absolute Gasteiger partial charge is 0.270 e. The van der Waals surface area contributed by atoms with Gasteiger partial charge in [0.25, 0.3) is 5.91 Å². The molecule has 0 radical (unpaired) electrons. The molecule has 10 heteroatoms. The lowest BCUT2D eigenvalue weighted by molar-refractivity contribution is 0.0923. The van der Waals surface area contributed by atoms with E-state index in [9.17, 15) is 9.90 Å². The summed E-state index contributed by atoms with van der Waals surface area (Å²) in [6.07, 6.45) is 4.38. The predicted molar refractivity (Wildman–Crippen MR) is 92.3 cm³/mol. The molecule has 1 aliphatic rings. The minimum atomic E-state index is -0.407. The zero-order chi connectivity index (χ0) is 14.7. The number of hydrogen-bond acceptors (Lipinski definition) is 7. The van der Waals surface area contributed by atoms with Gasteiger partial charge in [0.1, 0.15) is 16.4 Å². The number of carbonyl (C=O) groups is 1. The van der Waals surface area contributed by atoms with Crippen LogP contribution in [0.25, 0.3) is 10.7 Å². The van der Waals surface area contributed by atoms with Crippen molar-refractivity contribution in [3.63, 3.8) is 0 Å². The van der Waals surface area contributed by atoms with Crippen LogP contribution in [0, 0.1) is 5.92 Å². The first-order valence-corrected chi connectivity index (χ1v) is 7.51. The van der Waals surface area contributed by atoms with Crippen LogP contribution < -0.4 is 10.6 Å². The third kappa shape index (κ3) is 4.82. The molecular weight excluding hydrogens is 361 g/mol. The van der Waals surface area contributed by atoms with Crippen molar-refractivity contribution in [2.45, 2.75) is 6.10 Å². The topological polar surface area (TPSA) is 100 Å². The Morgan fingerprint density at radius 1 is 1.39 bits per heavy atom. The normalized spacial score (nSPS) is 19.5. The van der Waals surface area contributed by atoms with Crippen LogP contribution in [-0.4, -0.2) is 51.7 Å². The van der Waals surface area contributed by atoms with Gasteiger partial charge >= 0.3 is 0 Å². The summed E-state index contributed by atoms with van der Waals surface area (Å²) in [6, 6.07) is 0. The van der Waals surface area contributed by atoms with Crippen LogP contribution >= 0.6 is 36.2 Å². The Hall–Kier alpha value is -1.32. The van der Waals surface area contributed by atoms with Crippen molar-refractivity contribution in [1.82, 2.24) is 25.6 Å². The van der Waals surface area contributed by atoms with E-state index in [1.54, 1.807) is 24.0 Å². The van der Waals surface area contributed by atoms with Crippen LogP contribution in [-0.2, 0) is 0 Å². The second kappa shape index (κ2) is 9.09. The van der Waals surface area contributed by atoms with Gasteiger partial charge in [-0.05, 0) is 0 Å². The van der Waals surface area contributed by atoms with E-state index < -0.39 is 6.10 Å². The van der Waals surface area contributed by atoms with Gasteiger partial charge in [0.05, 0.1) is 12.3 Å². The van der Waals surface area contributed by atoms with Crippen molar-refractivity contribution >= 4 is 42.1 Å². The van der Waals surface area contributed by atoms with Gasteiger partial charge in [-0.2, -0.15) is 0 Å². The highest BCUT2D eigenvalue weighted by Gasteiger charge is 2.25. The Bertz CT molecular complexity index is 628. The Morgan fingerprint density at radius 3 is 2.87 bits per heavy atom. The molecule has 0 aromatic carbocycles. The number of β-amino-alcohol motifs (C(OH)–C–C–N with tert-alkyl or cyclic N) is 1. The number of aromatic nitrogens is 3. The number of hydrogen-bond donors (Lipinski definition) is 3. The van der Waals surface area contributed by atoms with Gasteiger partial charge in [0.2, 0.25) is 0 Å². The number of carbonyl (C=O) groups excluding carboxylic acids is 1. The van der Waals surface area contributed by atoms with E-state index in [4.69, 9.17) is 0 Å². The van der Waals surface area contributed by atoms with Gasteiger partial charge in [-0.3, -0.25) is 14.8 Å². The number of aliphatic hydroxyl groups excluding tert-OH is 1. The molecule has 2 aromatic rings. The van der Waals surface area contributed by atoms with Crippen molar-refractivity contribution in [3.05, 3.63) is 29.7 Å². The highest BCUT2D eigenvalue weighted by molar-refractivity contribution is 7.13. The maximum absolute atomic E-state index is 12.0. The Morgan fingerprint density at radius 2 is 2.22 bits per heavy atom. The summed E-state index contributed by atoms with van der Waals surface area (Å²) < 4.78 is 0. The standard InChI is InChI=1S/C13H15N5O2S.2ClH/c19-11-6-15-3-8(11)4-17-12(20)10-7-21-13(18-10)9-5-14-1-2-16-9;;/h1-2,5,7-8,11,15,19H,3-4,6H2,(H,17,20);2*1H. The van der Waals surface area contributed by atoms with Crippen LogP contribution in [0.5, 0.6) is 0 Å². The number of nitrogens with one attached hydrogen (secondary N) is 2. The van der Waals surface area contributed by atoms with E-state index in [1.807, 2.05) is 0 Å². The van der Waals surface area contributed by atoms with Crippen molar-refractivity contribution < 1.29 is 9.90 Å². The van der Waals surface area contributed by atoms with Crippen LogP contribution in [0.3, 0.4) is 0 Å². The first-order valence-electron chi connectivity index (χ1n) is 6.63. The summed E-state index contributed by atoms with van der Waals surface area (Å²) in [5.74, 6) is -0.187. The summed E-state index contributed by atoms with van der Waals surface area (Å²) in [5.41, 5.74) is 1.01. The van der Waals surface area contributed by atoms with Crippen LogP contribution in [0.4, 0.5) is 0 Å². The third-order valence-electron chi connectivity index (χ3n) is 3.35. The van der Waals surface area contributed by atoms with Crippen molar-refractivity contribution in [3.8, 4) is 10.7 Å². The summed E-state index contributed by atoms with van der Waals surface area (Å²) in [5, 5.41) is 17.9. The van der Waals surface area contributed by atoms with E-state index >= 15 is 0 Å². The van der Waals surface area contributed by atoms with Gasteiger partial charge in [-0.15, -0.1) is 36.2 Å². The number of thiazole rings is 1. The lowest BCUT2D eigenvalue weighted by Gasteiger charge is -2.13. The minimum absolute atomic E-state index is 0. The van der Waals surface area contributed by atoms with E-state index in [0.29, 0.717) is 36.0 Å². The van der Waals surface area contributed by atoms with Crippen LogP contribution in [0.2, 0.25) is 0 Å². The van der Waals surface area contributed by atoms with E-state index in [0.717, 1.165) is 0 Å². The highest BCUT2D eigenvalue weighted by Crippen LogP contribution is 2.20. The maximum Gasteiger partial charge on any atom is 0.270 e. The van der Waals surface area contributed by atoms with Crippen LogP contribution in [0.1, 0.15) is 10.5 Å². The number of nitrogens with zero attached hydrogens (tertiary/aromatic N) is 3. The van der Waals surface area contributed by atoms with Gasteiger partial charge in [0.15, 0.2) is 0 Å². The Kier molecular flexibility index (Phi) is 7.80. The molecule has 2 atom stereocenters. The second-order valence-electron chi connectivity index (χ2n) is 4.82. The summed E-state index contributed by atoms with van der Waals surface area (Å²) in [7, 11) is 0. The van der Waals surface area contributed by atoms with Gasteiger partial charge < -0.3 is 15.7 Å². The summed E-state index contributed by atoms with van der Waals surface area (Å²) >= 11 is 1.35. The summed E-state index contributed by atoms with van der Waals surface area (Å²) in [4.78, 5) is 24.5. The average Bonchev–Trinajstić information content (AvgIpc) is 3.15. The molecule has 3 rings (SSSR count). The molecule has 3 N–H and O–H groups in total. The molecule has 2 aromatic heterocycles. The Balaban J connectivity index is 0.00000132. The fourth-order valence-corrected chi connectivity index (χ4v) is 2.91. The zero-order valence-corrected chi connectivity index (χ0v) is 14.5. The second-order valence-corrected chi connectivity index (χ2v) is 5.68. The molecular formula is C13H17Cl2N5O2S. The number of halogens is 2. The lowest BCUT2D eigenvalue weighted by atomic mass is 10.1. The van der Waals surface area contributed by atoms with Crippen molar-refractivity contribution in [2.24, 2.45) is 5.92 Å². The molecule has 0 aliphatic carbocycles. The molecule has 1 amide bonds. The molecule has 2 unspecified atom stereocenters. The maximum atomic E-state index is 12.0. The van der Waals surface area contributed by atoms with E-state index in [-0.39, 0.29) is 36.6 Å². The van der Waals surface area contributed by atoms with E-state index in [2.05, 4.69) is 25.6 Å². The molecule has 1 fully saturated rings. The molecule has 23 heavy (non-hydrogen) atoms. The molecule has 0 bridgehead atoms. The fourth-order valence-electron chi connectivity index (χ4n) is 2.15. The lowest BCUT2D eigenvalue weighted by Crippen LogP contribution is -2.34. The largest absolute Gasteiger partial charge is 0.391 e. The molecule has 7 nitrogen and oxygen atoms in total. The molecule has 3 heterocycles. The number of aliphatic hydroxyl groups is 1. The van der Waals surface area contributed by atoms with Gasteiger partial charge in [-0.25, -0.2) is 4.98 Å². The average molecular weight is 378 g/mol. The van der Waals surface area contributed by atoms with Gasteiger partial charge in [-0.1, -0.05) is 0 Å².